The van der Waals surface area contributed by atoms with Crippen molar-refractivity contribution in [2.24, 2.45) is 0 Å². The molecule has 7 nitrogen and oxygen atoms in total. The Labute approximate surface area is 192 Å². The number of carbonyl (C=O) groups excluding carboxylic acids is 4. The van der Waals surface area contributed by atoms with E-state index in [0.717, 1.165) is 4.90 Å². The lowest BCUT2D eigenvalue weighted by Crippen LogP contribution is -2.49. The molecule has 0 fully saturated rings. The Morgan fingerprint density at radius 3 is 2.09 bits per heavy atom. The van der Waals surface area contributed by atoms with Gasteiger partial charge in [0.1, 0.15) is 11.9 Å². The Bertz CT molecular complexity index is 1020. The average Bonchev–Trinajstić information content (AvgIpc) is 3.02. The maximum atomic E-state index is 13.3. The van der Waals surface area contributed by atoms with E-state index < -0.39 is 6.04 Å². The molecular formula is C25H28FN3O4. The van der Waals surface area contributed by atoms with Crippen LogP contribution in [0.3, 0.4) is 0 Å². The number of benzene rings is 2. The van der Waals surface area contributed by atoms with Crippen molar-refractivity contribution in [3.8, 4) is 0 Å². The van der Waals surface area contributed by atoms with E-state index in [1.165, 1.54) is 17.0 Å². The fraction of sp³-hybridized carbons (Fsp3) is 0.360. The van der Waals surface area contributed by atoms with Crippen LogP contribution in [0.25, 0.3) is 0 Å². The summed E-state index contributed by atoms with van der Waals surface area (Å²) in [5, 5.41) is 2.80. The van der Waals surface area contributed by atoms with Gasteiger partial charge in [-0.2, -0.15) is 0 Å². The molecule has 0 radical (unpaired) electrons. The Balaban J connectivity index is 1.66. The summed E-state index contributed by atoms with van der Waals surface area (Å²) < 4.78 is 13.3. The predicted octanol–water partition coefficient (Wildman–Crippen LogP) is 3.14. The van der Waals surface area contributed by atoms with Gasteiger partial charge in [0.25, 0.3) is 11.8 Å². The van der Waals surface area contributed by atoms with Gasteiger partial charge in [-0.05, 0) is 57.0 Å². The number of rotatable bonds is 9. The Morgan fingerprint density at radius 1 is 0.970 bits per heavy atom. The van der Waals surface area contributed by atoms with Crippen molar-refractivity contribution in [1.82, 2.24) is 15.1 Å². The Hall–Kier alpha value is -3.55. The minimum atomic E-state index is -0.746. The van der Waals surface area contributed by atoms with Crippen molar-refractivity contribution < 1.29 is 23.6 Å². The van der Waals surface area contributed by atoms with Crippen LogP contribution in [0.4, 0.5) is 4.39 Å². The molecule has 0 spiro atoms. The number of nitrogens with one attached hydrogen (secondary N) is 1. The third-order valence-corrected chi connectivity index (χ3v) is 5.51. The van der Waals surface area contributed by atoms with E-state index in [4.69, 9.17) is 0 Å². The monoisotopic (exact) mass is 453 g/mol. The largest absolute Gasteiger partial charge is 0.352 e. The van der Waals surface area contributed by atoms with Crippen LogP contribution in [0.15, 0.2) is 48.5 Å². The Morgan fingerprint density at radius 2 is 1.55 bits per heavy atom. The second-order valence-corrected chi connectivity index (χ2v) is 8.40. The fourth-order valence-electron chi connectivity index (χ4n) is 3.75. The van der Waals surface area contributed by atoms with Gasteiger partial charge in [0, 0.05) is 25.6 Å². The third kappa shape index (κ3) is 5.63. The molecule has 0 saturated carbocycles. The van der Waals surface area contributed by atoms with Crippen molar-refractivity contribution in [2.45, 2.75) is 52.2 Å². The molecule has 174 valence electrons. The first-order valence-corrected chi connectivity index (χ1v) is 11.0. The van der Waals surface area contributed by atoms with Crippen LogP contribution in [0, 0.1) is 5.82 Å². The first-order valence-electron chi connectivity index (χ1n) is 11.0. The van der Waals surface area contributed by atoms with Gasteiger partial charge in [-0.25, -0.2) is 4.39 Å². The van der Waals surface area contributed by atoms with Gasteiger partial charge in [0.15, 0.2) is 0 Å². The molecule has 1 atom stereocenters. The van der Waals surface area contributed by atoms with Crippen LogP contribution in [0.2, 0.25) is 0 Å². The first-order chi connectivity index (χ1) is 15.7. The minimum Gasteiger partial charge on any atom is -0.352 e. The van der Waals surface area contributed by atoms with E-state index >= 15 is 0 Å². The first kappa shape index (κ1) is 24.1. The van der Waals surface area contributed by atoms with Gasteiger partial charge in [-0.3, -0.25) is 24.1 Å². The van der Waals surface area contributed by atoms with Crippen LogP contribution in [0.1, 0.15) is 59.9 Å². The topological polar surface area (TPSA) is 86.8 Å². The number of hydrogen-bond donors (Lipinski definition) is 1. The summed E-state index contributed by atoms with van der Waals surface area (Å²) in [6.45, 7) is 5.55. The molecule has 1 aliphatic heterocycles. The van der Waals surface area contributed by atoms with Gasteiger partial charge >= 0.3 is 0 Å². The van der Waals surface area contributed by atoms with Crippen LogP contribution in [-0.4, -0.2) is 52.1 Å². The van der Waals surface area contributed by atoms with E-state index in [2.05, 4.69) is 5.32 Å². The quantitative estimate of drug-likeness (QED) is 0.591. The lowest BCUT2D eigenvalue weighted by atomic mass is 10.1. The third-order valence-electron chi connectivity index (χ3n) is 5.51. The van der Waals surface area contributed by atoms with Gasteiger partial charge in [-0.1, -0.05) is 24.3 Å². The molecule has 1 aliphatic rings. The van der Waals surface area contributed by atoms with Crippen molar-refractivity contribution >= 4 is 23.6 Å². The molecule has 1 heterocycles. The molecule has 0 bridgehead atoms. The molecule has 3 rings (SSSR count). The molecule has 2 aromatic rings. The molecule has 4 amide bonds. The van der Waals surface area contributed by atoms with E-state index in [0.29, 0.717) is 16.7 Å². The van der Waals surface area contributed by atoms with Crippen molar-refractivity contribution in [3.05, 3.63) is 71.0 Å². The molecule has 33 heavy (non-hydrogen) atoms. The van der Waals surface area contributed by atoms with Crippen LogP contribution in [0.5, 0.6) is 0 Å². The van der Waals surface area contributed by atoms with Gasteiger partial charge in [0.05, 0.1) is 11.1 Å². The number of halogens is 1. The standard InChI is InChI=1S/C25H28FN3O4/c1-16(2)27-23(31)17(3)29(15-18-10-12-19(26)13-11-18)22(30)9-6-14-28-24(32)20-7-4-5-8-21(20)25(28)33/h4-5,7-8,10-13,16-17H,6,9,14-15H2,1-3H3,(H,27,31)/t17-/m1/s1. The summed E-state index contributed by atoms with van der Waals surface area (Å²) in [4.78, 5) is 53.3. The van der Waals surface area contributed by atoms with Crippen molar-refractivity contribution in [2.75, 3.05) is 6.54 Å². The molecule has 0 unspecified atom stereocenters. The molecule has 0 saturated heterocycles. The number of fused-ring (bicyclic) bond motifs is 1. The maximum Gasteiger partial charge on any atom is 0.261 e. The highest BCUT2D eigenvalue weighted by Crippen LogP contribution is 2.23. The molecular weight excluding hydrogens is 425 g/mol. The number of imide groups is 1. The second kappa shape index (κ2) is 10.4. The average molecular weight is 454 g/mol. The molecule has 0 aromatic heterocycles. The zero-order chi connectivity index (χ0) is 24.1. The zero-order valence-corrected chi connectivity index (χ0v) is 19.0. The van der Waals surface area contributed by atoms with Crippen LogP contribution < -0.4 is 5.32 Å². The minimum absolute atomic E-state index is 0.0495. The summed E-state index contributed by atoms with van der Waals surface area (Å²) in [6.07, 6.45) is 0.316. The highest BCUT2D eigenvalue weighted by atomic mass is 19.1. The van der Waals surface area contributed by atoms with Gasteiger partial charge < -0.3 is 10.2 Å². The highest BCUT2D eigenvalue weighted by molar-refractivity contribution is 6.21. The summed E-state index contributed by atoms with van der Waals surface area (Å²) in [5.74, 6) is -1.70. The molecule has 2 aromatic carbocycles. The summed E-state index contributed by atoms with van der Waals surface area (Å²) >= 11 is 0. The maximum absolute atomic E-state index is 13.3. The van der Waals surface area contributed by atoms with E-state index in [-0.39, 0.29) is 61.4 Å². The summed E-state index contributed by atoms with van der Waals surface area (Å²) in [5.41, 5.74) is 1.42. The predicted molar refractivity (Wildman–Crippen MR) is 121 cm³/mol. The summed E-state index contributed by atoms with van der Waals surface area (Å²) in [6, 6.07) is 11.5. The number of nitrogens with zero attached hydrogens (tertiary/aromatic N) is 2. The fourth-order valence-corrected chi connectivity index (χ4v) is 3.75. The SMILES string of the molecule is CC(C)NC(=O)[C@@H](C)N(Cc1ccc(F)cc1)C(=O)CCCN1C(=O)c2ccccc2C1=O. The van der Waals surface area contributed by atoms with E-state index in [9.17, 15) is 23.6 Å². The number of carbonyl (C=O) groups is 4. The van der Waals surface area contributed by atoms with Crippen molar-refractivity contribution in [1.29, 1.82) is 0 Å². The van der Waals surface area contributed by atoms with E-state index in [1.807, 2.05) is 13.8 Å². The zero-order valence-electron chi connectivity index (χ0n) is 19.0. The molecule has 8 heteroatoms. The van der Waals surface area contributed by atoms with Gasteiger partial charge in [-0.15, -0.1) is 0 Å². The second-order valence-electron chi connectivity index (χ2n) is 8.40. The lowest BCUT2D eigenvalue weighted by Gasteiger charge is -2.29. The van der Waals surface area contributed by atoms with Crippen LogP contribution >= 0.6 is 0 Å². The smallest absolute Gasteiger partial charge is 0.261 e. The highest BCUT2D eigenvalue weighted by Gasteiger charge is 2.35. The lowest BCUT2D eigenvalue weighted by molar-refractivity contribution is -0.140. The number of amides is 4. The molecule has 1 N–H and O–H groups in total. The Kier molecular flexibility index (Phi) is 7.58. The van der Waals surface area contributed by atoms with Crippen molar-refractivity contribution in [3.63, 3.8) is 0 Å². The van der Waals surface area contributed by atoms with E-state index in [1.54, 1.807) is 43.3 Å². The van der Waals surface area contributed by atoms with Gasteiger partial charge in [0.2, 0.25) is 11.8 Å². The normalized spacial score (nSPS) is 13.8. The summed E-state index contributed by atoms with van der Waals surface area (Å²) in [7, 11) is 0. The number of hydrogen-bond acceptors (Lipinski definition) is 4. The van der Waals surface area contributed by atoms with Crippen LogP contribution in [-0.2, 0) is 16.1 Å². The molecule has 0 aliphatic carbocycles.